The molecule has 1 aromatic heterocycles. The standard InChI is InChI=1S/C27H31N5O/c1-2-5-26-31-24-16-20(33-19-12-14-30-15-13-19)9-11-25(24)32(26)17-18-8-10-23(27(28)29)22-7-4-3-6-21(18)22/h3-4,6-11,16,19,30H,2,5,12-15,17H2,1H3,(H3,28,29). The van der Waals surface area contributed by atoms with Gasteiger partial charge in [-0.1, -0.05) is 43.3 Å². The highest BCUT2D eigenvalue weighted by molar-refractivity contribution is 6.08. The van der Waals surface area contributed by atoms with Gasteiger partial charge in [-0.25, -0.2) is 4.98 Å². The fourth-order valence-electron chi connectivity index (χ4n) is 4.83. The summed E-state index contributed by atoms with van der Waals surface area (Å²) in [5.41, 5.74) is 9.91. The van der Waals surface area contributed by atoms with Gasteiger partial charge < -0.3 is 20.4 Å². The third kappa shape index (κ3) is 4.31. The van der Waals surface area contributed by atoms with E-state index >= 15 is 0 Å². The van der Waals surface area contributed by atoms with Crippen LogP contribution < -0.4 is 15.8 Å². The zero-order valence-electron chi connectivity index (χ0n) is 19.1. The van der Waals surface area contributed by atoms with E-state index in [0.29, 0.717) is 0 Å². The van der Waals surface area contributed by atoms with Gasteiger partial charge in [-0.05, 0) is 60.8 Å². The Bertz CT molecular complexity index is 1300. The van der Waals surface area contributed by atoms with Crippen LogP contribution in [0.15, 0.2) is 54.6 Å². The van der Waals surface area contributed by atoms with E-state index < -0.39 is 0 Å². The molecule has 2 heterocycles. The predicted molar refractivity (Wildman–Crippen MR) is 134 cm³/mol. The summed E-state index contributed by atoms with van der Waals surface area (Å²) < 4.78 is 8.58. The Labute approximate surface area is 194 Å². The SMILES string of the molecule is CCCc1nc2cc(OC3CCNCC3)ccc2n1Cc1ccc(C(=N)N)c2ccccc12. The van der Waals surface area contributed by atoms with Crippen molar-refractivity contribution >= 4 is 27.6 Å². The van der Waals surface area contributed by atoms with Crippen LogP contribution in [0.3, 0.4) is 0 Å². The molecular formula is C27H31N5O. The van der Waals surface area contributed by atoms with Crippen molar-refractivity contribution in [3.8, 4) is 5.75 Å². The molecule has 1 aliphatic heterocycles. The van der Waals surface area contributed by atoms with Crippen molar-refractivity contribution in [2.45, 2.75) is 45.3 Å². The topological polar surface area (TPSA) is 89.0 Å². The number of rotatable bonds is 7. The second-order valence-corrected chi connectivity index (χ2v) is 8.81. The molecule has 0 aliphatic carbocycles. The molecule has 1 fully saturated rings. The lowest BCUT2D eigenvalue weighted by Crippen LogP contribution is -2.34. The van der Waals surface area contributed by atoms with Crippen molar-refractivity contribution in [3.05, 3.63) is 71.5 Å². The summed E-state index contributed by atoms with van der Waals surface area (Å²) in [7, 11) is 0. The van der Waals surface area contributed by atoms with Gasteiger partial charge in [-0.2, -0.15) is 0 Å². The summed E-state index contributed by atoms with van der Waals surface area (Å²) in [6, 6.07) is 18.6. The molecule has 1 aliphatic rings. The number of hydrogen-bond donors (Lipinski definition) is 3. The molecule has 1 saturated heterocycles. The number of piperidine rings is 1. The smallest absolute Gasteiger partial charge is 0.123 e. The summed E-state index contributed by atoms with van der Waals surface area (Å²) in [5, 5.41) is 13.5. The molecule has 0 atom stereocenters. The van der Waals surface area contributed by atoms with Crippen LogP contribution in [0.4, 0.5) is 0 Å². The molecular weight excluding hydrogens is 410 g/mol. The summed E-state index contributed by atoms with van der Waals surface area (Å²) in [5.74, 6) is 2.09. The van der Waals surface area contributed by atoms with E-state index in [9.17, 15) is 0 Å². The molecule has 0 amide bonds. The van der Waals surface area contributed by atoms with Crippen molar-refractivity contribution in [2.75, 3.05) is 13.1 Å². The number of nitrogen functional groups attached to an aromatic ring is 1. The van der Waals surface area contributed by atoms with Gasteiger partial charge in [0.1, 0.15) is 23.5 Å². The Balaban J connectivity index is 1.53. The van der Waals surface area contributed by atoms with Gasteiger partial charge in [0, 0.05) is 24.6 Å². The molecule has 0 spiro atoms. The van der Waals surface area contributed by atoms with E-state index in [0.717, 1.165) is 84.3 Å². The van der Waals surface area contributed by atoms with Gasteiger partial charge in [-0.3, -0.25) is 5.41 Å². The van der Waals surface area contributed by atoms with E-state index in [1.54, 1.807) is 0 Å². The van der Waals surface area contributed by atoms with E-state index in [1.807, 2.05) is 24.3 Å². The van der Waals surface area contributed by atoms with Crippen molar-refractivity contribution in [2.24, 2.45) is 5.73 Å². The summed E-state index contributed by atoms with van der Waals surface area (Å²) in [4.78, 5) is 4.99. The van der Waals surface area contributed by atoms with Gasteiger partial charge >= 0.3 is 0 Å². The highest BCUT2D eigenvalue weighted by atomic mass is 16.5. The van der Waals surface area contributed by atoms with Gasteiger partial charge in [-0.15, -0.1) is 0 Å². The first-order valence-corrected chi connectivity index (χ1v) is 11.9. The van der Waals surface area contributed by atoms with Gasteiger partial charge in [0.25, 0.3) is 0 Å². The third-order valence-corrected chi connectivity index (χ3v) is 6.49. The van der Waals surface area contributed by atoms with Crippen molar-refractivity contribution in [1.29, 1.82) is 5.41 Å². The number of imidazole rings is 1. The van der Waals surface area contributed by atoms with Gasteiger partial charge in [0.2, 0.25) is 0 Å². The molecule has 0 saturated carbocycles. The minimum atomic E-state index is 0.0961. The number of benzene rings is 3. The molecule has 3 aromatic carbocycles. The number of hydrogen-bond acceptors (Lipinski definition) is 4. The van der Waals surface area contributed by atoms with E-state index in [-0.39, 0.29) is 11.9 Å². The van der Waals surface area contributed by atoms with Crippen molar-refractivity contribution in [3.63, 3.8) is 0 Å². The molecule has 0 unspecified atom stereocenters. The largest absolute Gasteiger partial charge is 0.490 e. The summed E-state index contributed by atoms with van der Waals surface area (Å²) in [6.07, 6.45) is 4.30. The Hall–Kier alpha value is -3.38. The minimum Gasteiger partial charge on any atom is -0.490 e. The van der Waals surface area contributed by atoms with Crippen LogP contribution in [-0.4, -0.2) is 34.6 Å². The van der Waals surface area contributed by atoms with Crippen molar-refractivity contribution < 1.29 is 4.74 Å². The van der Waals surface area contributed by atoms with Crippen LogP contribution in [0, 0.1) is 5.41 Å². The van der Waals surface area contributed by atoms with Crippen LogP contribution >= 0.6 is 0 Å². The van der Waals surface area contributed by atoms with Crippen LogP contribution in [0.5, 0.6) is 5.75 Å². The number of ether oxygens (including phenoxy) is 1. The highest BCUT2D eigenvalue weighted by Gasteiger charge is 2.17. The molecule has 6 heteroatoms. The number of fused-ring (bicyclic) bond motifs is 2. The molecule has 170 valence electrons. The lowest BCUT2D eigenvalue weighted by Gasteiger charge is -2.23. The quantitative estimate of drug-likeness (QED) is 0.289. The first-order chi connectivity index (χ1) is 16.1. The second kappa shape index (κ2) is 9.24. The molecule has 4 aromatic rings. The summed E-state index contributed by atoms with van der Waals surface area (Å²) >= 11 is 0. The minimum absolute atomic E-state index is 0.0961. The number of nitrogens with zero attached hydrogens (tertiary/aromatic N) is 2. The normalized spacial score (nSPS) is 14.7. The van der Waals surface area contributed by atoms with Crippen LogP contribution in [0.25, 0.3) is 21.8 Å². The summed E-state index contributed by atoms with van der Waals surface area (Å²) in [6.45, 7) is 4.93. The number of nitrogens with two attached hydrogens (primary N) is 1. The average molecular weight is 442 g/mol. The second-order valence-electron chi connectivity index (χ2n) is 8.81. The maximum atomic E-state index is 7.94. The zero-order chi connectivity index (χ0) is 22.8. The lowest BCUT2D eigenvalue weighted by molar-refractivity contribution is 0.162. The van der Waals surface area contributed by atoms with Gasteiger partial charge in [0.15, 0.2) is 0 Å². The number of nitrogens with one attached hydrogen (secondary N) is 2. The maximum absolute atomic E-state index is 7.94. The fourth-order valence-corrected chi connectivity index (χ4v) is 4.83. The van der Waals surface area contributed by atoms with Crippen LogP contribution in [0.1, 0.15) is 43.1 Å². The number of amidine groups is 1. The Morgan fingerprint density at radius 1 is 1.12 bits per heavy atom. The van der Waals surface area contributed by atoms with E-state index in [4.69, 9.17) is 20.9 Å². The molecule has 4 N–H and O–H groups in total. The molecule has 6 nitrogen and oxygen atoms in total. The molecule has 5 rings (SSSR count). The first-order valence-electron chi connectivity index (χ1n) is 11.9. The zero-order valence-corrected chi connectivity index (χ0v) is 19.1. The average Bonchev–Trinajstić information content (AvgIpc) is 3.16. The molecule has 33 heavy (non-hydrogen) atoms. The highest BCUT2D eigenvalue weighted by Crippen LogP contribution is 2.28. The number of aryl methyl sites for hydroxylation is 1. The predicted octanol–water partition coefficient (Wildman–Crippen LogP) is 4.61. The Morgan fingerprint density at radius 2 is 1.91 bits per heavy atom. The molecule has 0 bridgehead atoms. The van der Waals surface area contributed by atoms with E-state index in [1.165, 1.54) is 5.56 Å². The maximum Gasteiger partial charge on any atom is 0.123 e. The number of aromatic nitrogens is 2. The Kier molecular flexibility index (Phi) is 6.01. The monoisotopic (exact) mass is 441 g/mol. The molecule has 0 radical (unpaired) electrons. The van der Waals surface area contributed by atoms with Crippen molar-refractivity contribution in [1.82, 2.24) is 14.9 Å². The van der Waals surface area contributed by atoms with E-state index in [2.05, 4.69) is 47.1 Å². The first kappa shape index (κ1) is 21.5. The fraction of sp³-hybridized carbons (Fsp3) is 0.333. The lowest BCUT2D eigenvalue weighted by atomic mass is 9.99. The van der Waals surface area contributed by atoms with Crippen LogP contribution in [0.2, 0.25) is 0 Å². The van der Waals surface area contributed by atoms with Gasteiger partial charge in [0.05, 0.1) is 11.0 Å². The third-order valence-electron chi connectivity index (χ3n) is 6.49. The Morgan fingerprint density at radius 3 is 2.67 bits per heavy atom. The van der Waals surface area contributed by atoms with Crippen LogP contribution in [-0.2, 0) is 13.0 Å².